The molecule has 0 bridgehead atoms. The molecule has 0 unspecified atom stereocenters. The Morgan fingerprint density at radius 2 is 2.11 bits per heavy atom. The van der Waals surface area contributed by atoms with Gasteiger partial charge in [-0.3, -0.25) is 4.98 Å². The van der Waals surface area contributed by atoms with Crippen LogP contribution in [-0.2, 0) is 6.54 Å². The van der Waals surface area contributed by atoms with Crippen molar-refractivity contribution < 1.29 is 0 Å². The molecule has 0 amide bonds. The summed E-state index contributed by atoms with van der Waals surface area (Å²) in [6.45, 7) is 3.34. The molecule has 2 rings (SSSR count). The molecule has 96 valence electrons. The van der Waals surface area contributed by atoms with Gasteiger partial charge in [0.1, 0.15) is 17.6 Å². The summed E-state index contributed by atoms with van der Waals surface area (Å²) in [4.78, 5) is 19.6. The average Bonchev–Trinajstić information content (AvgIpc) is 2.45. The first-order valence-corrected chi connectivity index (χ1v) is 6.03. The van der Waals surface area contributed by atoms with Gasteiger partial charge in [0.15, 0.2) is 0 Å². The van der Waals surface area contributed by atoms with Gasteiger partial charge in [0.2, 0.25) is 0 Å². The van der Waals surface area contributed by atoms with E-state index in [0.717, 1.165) is 5.56 Å². The quantitative estimate of drug-likeness (QED) is 0.900. The van der Waals surface area contributed by atoms with Crippen LogP contribution in [0.2, 0.25) is 0 Å². The van der Waals surface area contributed by atoms with E-state index >= 15 is 0 Å². The van der Waals surface area contributed by atoms with Crippen LogP contribution in [0.4, 0.5) is 5.82 Å². The molecule has 0 aliphatic carbocycles. The van der Waals surface area contributed by atoms with Crippen molar-refractivity contribution >= 4 is 5.82 Å². The molecule has 0 aliphatic rings. The van der Waals surface area contributed by atoms with Crippen molar-refractivity contribution in [2.45, 2.75) is 13.5 Å². The van der Waals surface area contributed by atoms with E-state index in [-0.39, 0.29) is 5.69 Å². The summed E-state index contributed by atoms with van der Waals surface area (Å²) in [5.41, 5.74) is 0.854. The fourth-order valence-corrected chi connectivity index (χ4v) is 1.83. The van der Waals surface area contributed by atoms with Crippen LogP contribution in [0, 0.1) is 11.3 Å². The Bertz CT molecular complexity index is 642. The normalized spacial score (nSPS) is 9.89. The van der Waals surface area contributed by atoms with Gasteiger partial charge in [-0.25, -0.2) is 4.79 Å². The SMILES string of the molecule is CCN(Cc1ccccc1)c1cc(C#N)[nH]c(=O)n1. The van der Waals surface area contributed by atoms with Crippen LogP contribution in [0.3, 0.4) is 0 Å². The first-order valence-electron chi connectivity index (χ1n) is 6.03. The predicted octanol–water partition coefficient (Wildman–Crippen LogP) is 1.67. The molecule has 1 heterocycles. The lowest BCUT2D eigenvalue weighted by Crippen LogP contribution is -2.26. The number of benzene rings is 1. The molecular formula is C14H14N4O. The van der Waals surface area contributed by atoms with Crippen molar-refractivity contribution in [3.05, 3.63) is 58.1 Å². The van der Waals surface area contributed by atoms with Gasteiger partial charge in [0, 0.05) is 19.2 Å². The molecule has 1 aromatic carbocycles. The molecule has 2 aromatic rings. The van der Waals surface area contributed by atoms with Gasteiger partial charge in [-0.2, -0.15) is 10.2 Å². The third kappa shape index (κ3) is 3.19. The molecule has 5 heteroatoms. The van der Waals surface area contributed by atoms with Crippen molar-refractivity contribution in [2.24, 2.45) is 0 Å². The second-order valence-electron chi connectivity index (χ2n) is 4.07. The lowest BCUT2D eigenvalue weighted by Gasteiger charge is -2.21. The number of hydrogen-bond donors (Lipinski definition) is 1. The maximum atomic E-state index is 11.4. The third-order valence-corrected chi connectivity index (χ3v) is 2.77. The minimum Gasteiger partial charge on any atom is -0.352 e. The van der Waals surface area contributed by atoms with Crippen LogP contribution in [-0.4, -0.2) is 16.5 Å². The number of nitriles is 1. The van der Waals surface area contributed by atoms with Crippen molar-refractivity contribution in [1.29, 1.82) is 5.26 Å². The molecule has 0 aliphatic heterocycles. The number of nitrogens with zero attached hydrogens (tertiary/aromatic N) is 3. The topological polar surface area (TPSA) is 72.8 Å². The zero-order valence-corrected chi connectivity index (χ0v) is 10.6. The molecule has 19 heavy (non-hydrogen) atoms. The van der Waals surface area contributed by atoms with Gasteiger partial charge in [-0.05, 0) is 12.5 Å². The lowest BCUT2D eigenvalue weighted by atomic mass is 10.2. The van der Waals surface area contributed by atoms with Gasteiger partial charge in [-0.1, -0.05) is 30.3 Å². The Morgan fingerprint density at radius 1 is 1.37 bits per heavy atom. The van der Waals surface area contributed by atoms with Crippen LogP contribution in [0.15, 0.2) is 41.2 Å². The molecule has 1 aromatic heterocycles. The highest BCUT2D eigenvalue weighted by Gasteiger charge is 2.09. The Labute approximate surface area is 111 Å². The first kappa shape index (κ1) is 12.8. The summed E-state index contributed by atoms with van der Waals surface area (Å²) in [5, 5.41) is 8.86. The third-order valence-electron chi connectivity index (χ3n) is 2.77. The van der Waals surface area contributed by atoms with Gasteiger partial charge in [0.05, 0.1) is 0 Å². The number of aromatic amines is 1. The number of aromatic nitrogens is 2. The molecule has 0 fully saturated rings. The van der Waals surface area contributed by atoms with E-state index in [2.05, 4.69) is 9.97 Å². The highest BCUT2D eigenvalue weighted by molar-refractivity contribution is 5.42. The van der Waals surface area contributed by atoms with E-state index in [0.29, 0.717) is 18.9 Å². The fourth-order valence-electron chi connectivity index (χ4n) is 1.83. The number of H-pyrrole nitrogens is 1. The van der Waals surface area contributed by atoms with E-state index in [1.54, 1.807) is 6.07 Å². The predicted molar refractivity (Wildman–Crippen MR) is 72.7 cm³/mol. The fraction of sp³-hybridized carbons (Fsp3) is 0.214. The minimum atomic E-state index is -0.499. The van der Waals surface area contributed by atoms with Crippen LogP contribution < -0.4 is 10.6 Å². The zero-order valence-electron chi connectivity index (χ0n) is 10.6. The van der Waals surface area contributed by atoms with Crippen LogP contribution in [0.5, 0.6) is 0 Å². The number of rotatable bonds is 4. The van der Waals surface area contributed by atoms with E-state index < -0.39 is 5.69 Å². The van der Waals surface area contributed by atoms with Crippen molar-refractivity contribution in [3.63, 3.8) is 0 Å². The lowest BCUT2D eigenvalue weighted by molar-refractivity contribution is 0.803. The minimum absolute atomic E-state index is 0.224. The summed E-state index contributed by atoms with van der Waals surface area (Å²) in [6.07, 6.45) is 0. The summed E-state index contributed by atoms with van der Waals surface area (Å²) in [7, 11) is 0. The summed E-state index contributed by atoms with van der Waals surface area (Å²) in [6, 6.07) is 13.4. The molecule has 0 saturated carbocycles. The highest BCUT2D eigenvalue weighted by Crippen LogP contribution is 2.13. The summed E-state index contributed by atoms with van der Waals surface area (Å²) in [5.74, 6) is 0.520. The Balaban J connectivity index is 2.30. The van der Waals surface area contributed by atoms with Crippen molar-refractivity contribution in [1.82, 2.24) is 9.97 Å². The van der Waals surface area contributed by atoms with Gasteiger partial charge in [-0.15, -0.1) is 0 Å². The Kier molecular flexibility index (Phi) is 3.94. The maximum Gasteiger partial charge on any atom is 0.347 e. The summed E-state index contributed by atoms with van der Waals surface area (Å²) >= 11 is 0. The highest BCUT2D eigenvalue weighted by atomic mass is 16.1. The van der Waals surface area contributed by atoms with Crippen molar-refractivity contribution in [3.8, 4) is 6.07 Å². The van der Waals surface area contributed by atoms with Crippen LogP contribution in [0.1, 0.15) is 18.2 Å². The summed E-state index contributed by atoms with van der Waals surface area (Å²) < 4.78 is 0. The molecule has 0 atom stereocenters. The first-order chi connectivity index (χ1) is 9.22. The molecule has 5 nitrogen and oxygen atoms in total. The van der Waals surface area contributed by atoms with Gasteiger partial charge in [0.25, 0.3) is 0 Å². The maximum absolute atomic E-state index is 11.4. The van der Waals surface area contributed by atoms with Crippen LogP contribution in [0.25, 0.3) is 0 Å². The van der Waals surface area contributed by atoms with Crippen molar-refractivity contribution in [2.75, 3.05) is 11.4 Å². The number of hydrogen-bond acceptors (Lipinski definition) is 4. The van der Waals surface area contributed by atoms with E-state index in [1.807, 2.05) is 48.2 Å². The van der Waals surface area contributed by atoms with E-state index in [1.165, 1.54) is 0 Å². The molecule has 0 saturated heterocycles. The van der Waals surface area contributed by atoms with Gasteiger partial charge >= 0.3 is 5.69 Å². The molecule has 1 N–H and O–H groups in total. The van der Waals surface area contributed by atoms with E-state index in [9.17, 15) is 4.79 Å². The Morgan fingerprint density at radius 3 is 2.74 bits per heavy atom. The number of nitrogens with one attached hydrogen (secondary N) is 1. The van der Waals surface area contributed by atoms with E-state index in [4.69, 9.17) is 5.26 Å². The molecule has 0 spiro atoms. The molecule has 0 radical (unpaired) electrons. The van der Waals surface area contributed by atoms with Gasteiger partial charge < -0.3 is 4.90 Å². The van der Waals surface area contributed by atoms with Crippen LogP contribution >= 0.6 is 0 Å². The second-order valence-corrected chi connectivity index (χ2v) is 4.07. The second kappa shape index (κ2) is 5.83. The smallest absolute Gasteiger partial charge is 0.347 e. The average molecular weight is 254 g/mol. The Hall–Kier alpha value is -2.61. The number of anilines is 1. The monoisotopic (exact) mass is 254 g/mol. The standard InChI is InChI=1S/C14H14N4O/c1-2-18(10-11-6-4-3-5-7-11)13-8-12(9-15)16-14(19)17-13/h3-8H,2,10H2,1H3,(H,16,17,19). The largest absolute Gasteiger partial charge is 0.352 e. The molecular weight excluding hydrogens is 240 g/mol. The zero-order chi connectivity index (χ0) is 13.7.